The van der Waals surface area contributed by atoms with Crippen molar-refractivity contribution in [2.24, 2.45) is 0 Å². The monoisotopic (exact) mass is 232 g/mol. The lowest BCUT2D eigenvalue weighted by molar-refractivity contribution is 0.326. The normalized spacial score (nSPS) is 10.2. The smallest absolute Gasteiger partial charge is 0.244 e. The molecular weight excluding hydrogens is 216 g/mol. The maximum Gasteiger partial charge on any atom is 0.244 e. The van der Waals surface area contributed by atoms with Crippen LogP contribution in [0.2, 0.25) is 0 Å². The number of rotatable bonds is 5. The van der Waals surface area contributed by atoms with E-state index in [4.69, 9.17) is 9.47 Å². The Morgan fingerprint density at radius 2 is 1.76 bits per heavy atom. The maximum absolute atomic E-state index is 5.52. The van der Waals surface area contributed by atoms with Crippen LogP contribution >= 0.6 is 0 Å². The summed E-state index contributed by atoms with van der Waals surface area (Å²) in [5.74, 6) is 1.24. The van der Waals surface area contributed by atoms with Gasteiger partial charge < -0.3 is 9.47 Å². The van der Waals surface area contributed by atoms with Crippen LogP contribution in [-0.2, 0) is 0 Å². The van der Waals surface area contributed by atoms with Crippen molar-refractivity contribution in [1.29, 1.82) is 0 Å². The van der Waals surface area contributed by atoms with Crippen LogP contribution in [0.5, 0.6) is 11.8 Å². The summed E-state index contributed by atoms with van der Waals surface area (Å²) < 4.78 is 11.0. The molecule has 17 heavy (non-hydrogen) atoms. The average Bonchev–Trinajstić information content (AvgIpc) is 2.74. The van der Waals surface area contributed by atoms with Gasteiger partial charge in [-0.1, -0.05) is 30.3 Å². The molecule has 2 aromatic rings. The van der Waals surface area contributed by atoms with Crippen LogP contribution in [0, 0.1) is 0 Å². The first-order chi connectivity index (χ1) is 8.36. The molecule has 0 aliphatic carbocycles. The fourth-order valence-electron chi connectivity index (χ4n) is 1.66. The third-order valence-corrected chi connectivity index (χ3v) is 2.33. The lowest BCUT2D eigenvalue weighted by Crippen LogP contribution is -1.95. The molecule has 0 saturated carbocycles. The molecule has 0 atom stereocenters. The Morgan fingerprint density at radius 3 is 2.41 bits per heavy atom. The molecule has 4 nitrogen and oxygen atoms in total. The molecule has 0 aliphatic heterocycles. The molecule has 0 spiro atoms. The summed E-state index contributed by atoms with van der Waals surface area (Å²) in [5.41, 5.74) is 1.92. The molecule has 90 valence electrons. The highest BCUT2D eigenvalue weighted by atomic mass is 16.5. The number of ether oxygens (including phenoxy) is 2. The molecule has 0 amide bonds. The van der Waals surface area contributed by atoms with E-state index >= 15 is 0 Å². The number of aromatic amines is 1. The summed E-state index contributed by atoms with van der Waals surface area (Å²) in [6.45, 7) is 5.05. The van der Waals surface area contributed by atoms with Crippen molar-refractivity contribution in [2.75, 3.05) is 13.2 Å². The van der Waals surface area contributed by atoms with Crippen molar-refractivity contribution < 1.29 is 9.47 Å². The van der Waals surface area contributed by atoms with E-state index in [0.717, 1.165) is 11.1 Å². The molecule has 0 saturated heterocycles. The molecule has 0 fully saturated rings. The molecule has 0 radical (unpaired) electrons. The highest BCUT2D eigenvalue weighted by molar-refractivity contribution is 5.73. The Morgan fingerprint density at radius 1 is 1.06 bits per heavy atom. The van der Waals surface area contributed by atoms with E-state index in [9.17, 15) is 0 Å². The lowest BCUT2D eigenvalue weighted by atomic mass is 10.1. The second kappa shape index (κ2) is 5.39. The Kier molecular flexibility index (Phi) is 3.65. The van der Waals surface area contributed by atoms with Crippen molar-refractivity contribution in [2.45, 2.75) is 13.8 Å². The molecule has 1 aromatic carbocycles. The van der Waals surface area contributed by atoms with Crippen LogP contribution in [0.3, 0.4) is 0 Å². The summed E-state index contributed by atoms with van der Waals surface area (Å²) >= 11 is 0. The predicted molar refractivity (Wildman–Crippen MR) is 66.4 cm³/mol. The first kappa shape index (κ1) is 11.5. The largest absolute Gasteiger partial charge is 0.478 e. The second-order valence-corrected chi connectivity index (χ2v) is 3.46. The lowest BCUT2D eigenvalue weighted by Gasteiger charge is -2.06. The van der Waals surface area contributed by atoms with Gasteiger partial charge in [-0.25, -0.2) is 5.10 Å². The average molecular weight is 232 g/mol. The van der Waals surface area contributed by atoms with Gasteiger partial charge in [-0.2, -0.15) is 0 Å². The molecule has 0 bridgehead atoms. The Bertz CT molecular complexity index is 442. The zero-order valence-corrected chi connectivity index (χ0v) is 10.1. The van der Waals surface area contributed by atoms with Gasteiger partial charge >= 0.3 is 0 Å². The van der Waals surface area contributed by atoms with E-state index in [-0.39, 0.29) is 0 Å². The van der Waals surface area contributed by atoms with Crippen LogP contribution in [0.25, 0.3) is 11.1 Å². The van der Waals surface area contributed by atoms with Crippen LogP contribution < -0.4 is 9.47 Å². The third kappa shape index (κ3) is 2.41. The Labute approximate surface area is 101 Å². The topological polar surface area (TPSA) is 47.1 Å². The number of aromatic nitrogens is 2. The van der Waals surface area contributed by atoms with Crippen LogP contribution in [0.1, 0.15) is 13.8 Å². The van der Waals surface area contributed by atoms with Crippen molar-refractivity contribution in [3.63, 3.8) is 0 Å². The highest BCUT2D eigenvalue weighted by Crippen LogP contribution is 2.36. The minimum absolute atomic E-state index is 0.580. The van der Waals surface area contributed by atoms with E-state index in [1.54, 1.807) is 0 Å². The zero-order chi connectivity index (χ0) is 12.1. The molecule has 4 heteroatoms. The van der Waals surface area contributed by atoms with E-state index in [1.165, 1.54) is 0 Å². The minimum atomic E-state index is 0.580. The van der Waals surface area contributed by atoms with E-state index in [0.29, 0.717) is 25.0 Å². The van der Waals surface area contributed by atoms with Crippen molar-refractivity contribution in [3.05, 3.63) is 30.3 Å². The van der Waals surface area contributed by atoms with Gasteiger partial charge in [0.25, 0.3) is 0 Å². The number of benzene rings is 1. The summed E-state index contributed by atoms with van der Waals surface area (Å²) in [6.07, 6.45) is 0. The fourth-order valence-corrected chi connectivity index (χ4v) is 1.66. The van der Waals surface area contributed by atoms with Crippen molar-refractivity contribution in [3.8, 4) is 22.9 Å². The first-order valence-corrected chi connectivity index (χ1v) is 5.76. The third-order valence-electron chi connectivity index (χ3n) is 2.33. The molecule has 1 aromatic heterocycles. The summed E-state index contributed by atoms with van der Waals surface area (Å²) in [7, 11) is 0. The van der Waals surface area contributed by atoms with Crippen LogP contribution in [0.15, 0.2) is 30.3 Å². The molecule has 2 rings (SSSR count). The van der Waals surface area contributed by atoms with Gasteiger partial charge in [0.1, 0.15) is 5.56 Å². The number of nitrogens with zero attached hydrogens (tertiary/aromatic N) is 1. The SMILES string of the molecule is CCOc1n[nH]c(OCC)c1-c1ccccc1. The molecule has 0 unspecified atom stereocenters. The van der Waals surface area contributed by atoms with Gasteiger partial charge in [-0.05, 0) is 19.4 Å². The molecular formula is C13H16N2O2. The Hall–Kier alpha value is -1.97. The highest BCUT2D eigenvalue weighted by Gasteiger charge is 2.16. The van der Waals surface area contributed by atoms with Gasteiger partial charge in [0, 0.05) is 0 Å². The predicted octanol–water partition coefficient (Wildman–Crippen LogP) is 2.87. The summed E-state index contributed by atoms with van der Waals surface area (Å²) in [5, 5.41) is 6.99. The van der Waals surface area contributed by atoms with Gasteiger partial charge in [-0.3, -0.25) is 0 Å². The number of nitrogens with one attached hydrogen (secondary N) is 1. The van der Waals surface area contributed by atoms with E-state index in [2.05, 4.69) is 10.2 Å². The Balaban J connectivity index is 2.44. The maximum atomic E-state index is 5.52. The van der Waals surface area contributed by atoms with Gasteiger partial charge in [0.2, 0.25) is 11.8 Å². The molecule has 1 N–H and O–H groups in total. The number of hydrogen-bond donors (Lipinski definition) is 1. The van der Waals surface area contributed by atoms with Gasteiger partial charge in [0.05, 0.1) is 13.2 Å². The van der Waals surface area contributed by atoms with Gasteiger partial charge in [-0.15, -0.1) is 5.10 Å². The van der Waals surface area contributed by atoms with E-state index in [1.807, 2.05) is 44.2 Å². The summed E-state index contributed by atoms with van der Waals surface area (Å²) in [6, 6.07) is 9.96. The van der Waals surface area contributed by atoms with Crippen molar-refractivity contribution in [1.82, 2.24) is 10.2 Å². The van der Waals surface area contributed by atoms with Gasteiger partial charge in [0.15, 0.2) is 0 Å². The molecule has 1 heterocycles. The quantitative estimate of drug-likeness (QED) is 0.862. The van der Waals surface area contributed by atoms with Crippen molar-refractivity contribution >= 4 is 0 Å². The first-order valence-electron chi connectivity index (χ1n) is 5.76. The van der Waals surface area contributed by atoms with E-state index < -0.39 is 0 Å². The standard InChI is InChI=1S/C13H16N2O2/c1-3-16-12-11(10-8-6-5-7-9-10)13(15-14-12)17-4-2/h5-9H,3-4H2,1-2H3,(H,14,15). The zero-order valence-electron chi connectivity index (χ0n) is 10.1. The van der Waals surface area contributed by atoms with Crippen LogP contribution in [0.4, 0.5) is 0 Å². The minimum Gasteiger partial charge on any atom is -0.478 e. The van der Waals surface area contributed by atoms with Crippen LogP contribution in [-0.4, -0.2) is 23.4 Å². The fraction of sp³-hybridized carbons (Fsp3) is 0.308. The summed E-state index contributed by atoms with van der Waals surface area (Å²) in [4.78, 5) is 0. The number of hydrogen-bond acceptors (Lipinski definition) is 3. The second-order valence-electron chi connectivity index (χ2n) is 3.46. The number of H-pyrrole nitrogens is 1. The molecule has 0 aliphatic rings.